The number of benzene rings is 1. The average Bonchev–Trinajstić information content (AvgIpc) is 2.93. The number of hydrogen-bond acceptors (Lipinski definition) is 3. The number of carbonyl (C=O) groups is 1. The number of rotatable bonds is 3. The fraction of sp³-hybridized carbons (Fsp3) is 0.278. The molecule has 0 saturated heterocycles. The smallest absolute Gasteiger partial charge is 0.254 e. The van der Waals surface area contributed by atoms with Crippen LogP contribution in [0.1, 0.15) is 35.2 Å². The number of aryl methyl sites for hydroxylation is 1. The van der Waals surface area contributed by atoms with Gasteiger partial charge in [-0.25, -0.2) is 9.97 Å². The fourth-order valence-corrected chi connectivity index (χ4v) is 3.27. The highest BCUT2D eigenvalue weighted by molar-refractivity contribution is 6.04. The van der Waals surface area contributed by atoms with Gasteiger partial charge in [-0.05, 0) is 30.9 Å². The number of aromatic nitrogens is 3. The number of hydrogen-bond donors (Lipinski definition) is 1. The third kappa shape index (κ3) is 2.20. The van der Waals surface area contributed by atoms with Crippen LogP contribution in [0, 0.1) is 0 Å². The molecule has 0 bridgehead atoms. The molecule has 4 rings (SSSR count). The van der Waals surface area contributed by atoms with Crippen molar-refractivity contribution in [3.05, 3.63) is 60.0 Å². The second kappa shape index (κ2) is 5.19. The Morgan fingerprint density at radius 2 is 1.96 bits per heavy atom. The molecule has 1 aliphatic carbocycles. The van der Waals surface area contributed by atoms with Crippen LogP contribution >= 0.6 is 0 Å². The summed E-state index contributed by atoms with van der Waals surface area (Å²) in [5.74, 6) is -0.0837. The summed E-state index contributed by atoms with van der Waals surface area (Å²) in [6.07, 6.45) is 6.42. The van der Waals surface area contributed by atoms with Gasteiger partial charge >= 0.3 is 0 Å². The lowest BCUT2D eigenvalue weighted by Crippen LogP contribution is -2.50. The van der Waals surface area contributed by atoms with Crippen LogP contribution in [0.2, 0.25) is 0 Å². The van der Waals surface area contributed by atoms with E-state index < -0.39 is 0 Å². The molecule has 1 amide bonds. The normalized spacial score (nSPS) is 16.0. The second-order valence-corrected chi connectivity index (χ2v) is 6.14. The van der Waals surface area contributed by atoms with Crippen molar-refractivity contribution < 1.29 is 4.79 Å². The van der Waals surface area contributed by atoms with E-state index >= 15 is 0 Å². The van der Waals surface area contributed by atoms with Crippen molar-refractivity contribution in [3.63, 3.8) is 0 Å². The number of fused-ring (bicyclic) bond motifs is 1. The van der Waals surface area contributed by atoms with Crippen LogP contribution in [0.25, 0.3) is 11.2 Å². The third-order valence-corrected chi connectivity index (χ3v) is 4.73. The van der Waals surface area contributed by atoms with E-state index in [9.17, 15) is 4.79 Å². The van der Waals surface area contributed by atoms with Gasteiger partial charge in [0.2, 0.25) is 0 Å². The number of imidazole rings is 1. The minimum Gasteiger partial charge on any atom is -0.342 e. The summed E-state index contributed by atoms with van der Waals surface area (Å²) in [7, 11) is 1.88. The van der Waals surface area contributed by atoms with E-state index in [2.05, 4.69) is 27.4 Å². The van der Waals surface area contributed by atoms with Crippen molar-refractivity contribution in [1.29, 1.82) is 0 Å². The molecule has 5 heteroatoms. The van der Waals surface area contributed by atoms with Gasteiger partial charge < -0.3 is 9.88 Å². The first-order valence-corrected chi connectivity index (χ1v) is 7.84. The molecule has 0 radical (unpaired) electrons. The van der Waals surface area contributed by atoms with Gasteiger partial charge in [0, 0.05) is 13.2 Å². The van der Waals surface area contributed by atoms with E-state index in [0.717, 1.165) is 24.9 Å². The summed E-state index contributed by atoms with van der Waals surface area (Å²) in [5, 5.41) is 3.25. The third-order valence-electron chi connectivity index (χ3n) is 4.73. The molecule has 116 valence electrons. The molecule has 2 heterocycles. The highest BCUT2D eigenvalue weighted by Crippen LogP contribution is 2.41. The zero-order valence-electron chi connectivity index (χ0n) is 13.0. The fourth-order valence-electron chi connectivity index (χ4n) is 3.27. The number of nitrogens with one attached hydrogen (secondary N) is 1. The molecule has 0 spiro atoms. The van der Waals surface area contributed by atoms with Crippen LogP contribution in [0.3, 0.4) is 0 Å². The number of nitrogens with zero attached hydrogens (tertiary/aromatic N) is 3. The quantitative estimate of drug-likeness (QED) is 0.809. The van der Waals surface area contributed by atoms with E-state index in [1.807, 2.05) is 29.8 Å². The molecule has 1 fully saturated rings. The van der Waals surface area contributed by atoms with Gasteiger partial charge in [-0.2, -0.15) is 0 Å². The van der Waals surface area contributed by atoms with E-state index in [4.69, 9.17) is 0 Å². The maximum Gasteiger partial charge on any atom is 0.254 e. The predicted octanol–water partition coefficient (Wildman–Crippen LogP) is 2.78. The first-order chi connectivity index (χ1) is 11.2. The monoisotopic (exact) mass is 306 g/mol. The minimum absolute atomic E-state index is 0.0837. The number of pyridine rings is 1. The summed E-state index contributed by atoms with van der Waals surface area (Å²) < 4.78 is 1.82. The van der Waals surface area contributed by atoms with Crippen molar-refractivity contribution in [2.24, 2.45) is 7.05 Å². The average molecular weight is 306 g/mol. The van der Waals surface area contributed by atoms with E-state index in [0.29, 0.717) is 11.1 Å². The molecule has 1 N–H and O–H groups in total. The summed E-state index contributed by atoms with van der Waals surface area (Å²) in [4.78, 5) is 21.5. The van der Waals surface area contributed by atoms with Crippen molar-refractivity contribution in [3.8, 4) is 0 Å². The lowest BCUT2D eigenvalue weighted by atomic mass is 9.71. The molecular weight excluding hydrogens is 288 g/mol. The molecule has 1 saturated carbocycles. The molecule has 0 aliphatic heterocycles. The zero-order valence-corrected chi connectivity index (χ0v) is 13.0. The Hall–Kier alpha value is -2.69. The topological polar surface area (TPSA) is 59.8 Å². The largest absolute Gasteiger partial charge is 0.342 e. The van der Waals surface area contributed by atoms with Crippen molar-refractivity contribution in [2.75, 3.05) is 0 Å². The summed E-state index contributed by atoms with van der Waals surface area (Å²) in [6.45, 7) is 0. The Labute approximate surface area is 134 Å². The molecule has 5 nitrogen and oxygen atoms in total. The van der Waals surface area contributed by atoms with Gasteiger partial charge in [0.25, 0.3) is 5.91 Å². The summed E-state index contributed by atoms with van der Waals surface area (Å²) in [6, 6.07) is 11.9. The number of amides is 1. The maximum atomic E-state index is 12.9. The van der Waals surface area contributed by atoms with Gasteiger partial charge in [0.05, 0.1) is 17.4 Å². The SMILES string of the molecule is Cn1cnc2c(C(=O)NC3(c4ccccc4)CCC3)ccnc21. The predicted molar refractivity (Wildman–Crippen MR) is 87.9 cm³/mol. The van der Waals surface area contributed by atoms with E-state index in [1.165, 1.54) is 5.56 Å². The van der Waals surface area contributed by atoms with Crippen molar-refractivity contribution >= 4 is 17.1 Å². The molecule has 3 aromatic rings. The highest BCUT2D eigenvalue weighted by atomic mass is 16.1. The second-order valence-electron chi connectivity index (χ2n) is 6.14. The van der Waals surface area contributed by atoms with E-state index in [-0.39, 0.29) is 11.4 Å². The Kier molecular flexibility index (Phi) is 3.15. The molecule has 0 unspecified atom stereocenters. The van der Waals surface area contributed by atoms with Crippen molar-refractivity contribution in [1.82, 2.24) is 19.9 Å². The van der Waals surface area contributed by atoms with Crippen LogP contribution in [-0.4, -0.2) is 20.4 Å². The van der Waals surface area contributed by atoms with Crippen molar-refractivity contribution in [2.45, 2.75) is 24.8 Å². The molecular formula is C18H18N4O. The molecule has 1 aromatic carbocycles. The van der Waals surface area contributed by atoms with Crippen LogP contribution in [0.5, 0.6) is 0 Å². The Morgan fingerprint density at radius 3 is 2.65 bits per heavy atom. The van der Waals surface area contributed by atoms with Crippen LogP contribution in [-0.2, 0) is 12.6 Å². The van der Waals surface area contributed by atoms with Crippen LogP contribution in [0.15, 0.2) is 48.9 Å². The first kappa shape index (κ1) is 13.9. The Morgan fingerprint density at radius 1 is 1.17 bits per heavy atom. The maximum absolute atomic E-state index is 12.9. The molecule has 0 atom stereocenters. The summed E-state index contributed by atoms with van der Waals surface area (Å²) in [5.41, 5.74) is 2.88. The van der Waals surface area contributed by atoms with Crippen LogP contribution in [0.4, 0.5) is 0 Å². The lowest BCUT2D eigenvalue weighted by Gasteiger charge is -2.43. The highest BCUT2D eigenvalue weighted by Gasteiger charge is 2.40. The Bertz CT molecular complexity index is 865. The zero-order chi connectivity index (χ0) is 15.9. The summed E-state index contributed by atoms with van der Waals surface area (Å²) >= 11 is 0. The van der Waals surface area contributed by atoms with Gasteiger partial charge in [0.15, 0.2) is 5.65 Å². The molecule has 23 heavy (non-hydrogen) atoms. The van der Waals surface area contributed by atoms with Crippen LogP contribution < -0.4 is 5.32 Å². The van der Waals surface area contributed by atoms with E-state index in [1.54, 1.807) is 18.6 Å². The van der Waals surface area contributed by atoms with Gasteiger partial charge in [-0.3, -0.25) is 4.79 Å². The lowest BCUT2D eigenvalue weighted by molar-refractivity contribution is 0.0825. The standard InChI is InChI=1S/C18H18N4O/c1-22-12-20-15-14(8-11-19-16(15)22)17(23)21-18(9-5-10-18)13-6-3-2-4-7-13/h2-4,6-8,11-12H,5,9-10H2,1H3,(H,21,23). The molecule has 2 aromatic heterocycles. The number of carbonyl (C=O) groups excluding carboxylic acids is 1. The minimum atomic E-state index is -0.247. The van der Waals surface area contributed by atoms with Gasteiger partial charge in [-0.1, -0.05) is 30.3 Å². The van der Waals surface area contributed by atoms with Gasteiger partial charge in [0.1, 0.15) is 5.52 Å². The first-order valence-electron chi connectivity index (χ1n) is 7.84. The van der Waals surface area contributed by atoms with Gasteiger partial charge in [-0.15, -0.1) is 0 Å². The molecule has 1 aliphatic rings. The Balaban J connectivity index is 1.69.